The molecule has 0 radical (unpaired) electrons. The monoisotopic (exact) mass is 210 g/mol. The number of hydrogen-bond acceptors (Lipinski definition) is 2. The molecule has 15 heavy (non-hydrogen) atoms. The fourth-order valence-corrected chi connectivity index (χ4v) is 1.94. The highest BCUT2D eigenvalue weighted by Crippen LogP contribution is 2.01. The predicted molar refractivity (Wildman–Crippen MR) is 60.4 cm³/mol. The quantitative estimate of drug-likeness (QED) is 0.744. The molecule has 0 aliphatic carbocycles. The van der Waals surface area contributed by atoms with Gasteiger partial charge in [-0.3, -0.25) is 13.9 Å². The van der Waals surface area contributed by atoms with E-state index < -0.39 is 0 Å². The van der Waals surface area contributed by atoms with Crippen molar-refractivity contribution >= 4 is 0 Å². The normalized spacial score (nSPS) is 10.7. The van der Waals surface area contributed by atoms with E-state index in [0.717, 1.165) is 5.69 Å². The number of aromatic nitrogens is 2. The first kappa shape index (κ1) is 11.8. The minimum Gasteiger partial charge on any atom is -0.298 e. The van der Waals surface area contributed by atoms with Crippen molar-refractivity contribution in [2.24, 2.45) is 0 Å². The predicted octanol–water partition coefficient (Wildman–Crippen LogP) is 0.921. The van der Waals surface area contributed by atoms with Gasteiger partial charge in [0.05, 0.1) is 0 Å². The second-order valence-electron chi connectivity index (χ2n) is 3.50. The molecule has 0 aliphatic heterocycles. The van der Waals surface area contributed by atoms with Crippen LogP contribution in [-0.2, 0) is 19.5 Å². The summed E-state index contributed by atoms with van der Waals surface area (Å²) in [6.45, 7) is 8.53. The molecule has 0 aliphatic rings. The Hall–Kier alpha value is -1.32. The molecule has 1 aromatic heterocycles. The van der Waals surface area contributed by atoms with E-state index in [1.165, 1.54) is 4.57 Å². The number of hydrogen-bond donors (Lipinski definition) is 0. The van der Waals surface area contributed by atoms with E-state index in [2.05, 4.69) is 0 Å². The first-order valence-electron chi connectivity index (χ1n) is 5.41. The summed E-state index contributed by atoms with van der Waals surface area (Å²) in [5.41, 5.74) is 1.22. The molecule has 0 unspecified atom stereocenters. The summed E-state index contributed by atoms with van der Waals surface area (Å²) in [6.07, 6.45) is 0.717. The lowest BCUT2D eigenvalue weighted by atomic mass is 10.2. The van der Waals surface area contributed by atoms with Crippen LogP contribution in [0.2, 0.25) is 0 Å². The lowest BCUT2D eigenvalue weighted by molar-refractivity contribution is 0.559. The van der Waals surface area contributed by atoms with Crippen LogP contribution in [0, 0.1) is 6.92 Å². The minimum absolute atomic E-state index is 0.149. The molecule has 0 atom stereocenters. The average molecular weight is 210 g/mol. The summed E-state index contributed by atoms with van der Waals surface area (Å²) in [5.74, 6) is 0. The van der Waals surface area contributed by atoms with Gasteiger partial charge in [-0.1, -0.05) is 6.92 Å². The van der Waals surface area contributed by atoms with E-state index >= 15 is 0 Å². The van der Waals surface area contributed by atoms with E-state index in [0.29, 0.717) is 25.1 Å². The fraction of sp³-hybridized carbons (Fsp3) is 0.636. The third kappa shape index (κ3) is 1.76. The molecule has 84 valence electrons. The maximum atomic E-state index is 11.9. The SMILES string of the molecule is CCc1c(C)c(=O)n(CC)c(=O)n1CC. The van der Waals surface area contributed by atoms with E-state index in [1.807, 2.05) is 20.8 Å². The smallest absolute Gasteiger partial charge is 0.298 e. The summed E-state index contributed by atoms with van der Waals surface area (Å²) in [4.78, 5) is 23.7. The Bertz CT molecular complexity index is 469. The van der Waals surface area contributed by atoms with Crippen LogP contribution in [0.25, 0.3) is 0 Å². The van der Waals surface area contributed by atoms with Gasteiger partial charge < -0.3 is 0 Å². The fourth-order valence-electron chi connectivity index (χ4n) is 1.94. The molecule has 0 saturated carbocycles. The van der Waals surface area contributed by atoms with Gasteiger partial charge >= 0.3 is 5.69 Å². The van der Waals surface area contributed by atoms with Gasteiger partial charge in [-0.05, 0) is 27.2 Å². The van der Waals surface area contributed by atoms with Crippen LogP contribution in [0.4, 0.5) is 0 Å². The van der Waals surface area contributed by atoms with Gasteiger partial charge in [0.1, 0.15) is 0 Å². The van der Waals surface area contributed by atoms with Crippen molar-refractivity contribution < 1.29 is 0 Å². The number of nitrogens with zero attached hydrogens (tertiary/aromatic N) is 2. The highest BCUT2D eigenvalue weighted by molar-refractivity contribution is 5.16. The van der Waals surface area contributed by atoms with Gasteiger partial charge in [-0.2, -0.15) is 0 Å². The highest BCUT2D eigenvalue weighted by atomic mass is 16.2. The standard InChI is InChI=1S/C11H18N2O2/c1-5-9-8(4)10(14)13(7-3)11(15)12(9)6-2/h5-7H2,1-4H3. The van der Waals surface area contributed by atoms with Gasteiger partial charge in [0.15, 0.2) is 0 Å². The maximum Gasteiger partial charge on any atom is 0.331 e. The van der Waals surface area contributed by atoms with E-state index in [-0.39, 0.29) is 11.2 Å². The Morgan fingerprint density at radius 3 is 1.93 bits per heavy atom. The van der Waals surface area contributed by atoms with Crippen molar-refractivity contribution in [3.8, 4) is 0 Å². The van der Waals surface area contributed by atoms with Gasteiger partial charge in [-0.25, -0.2) is 4.79 Å². The van der Waals surface area contributed by atoms with Crippen molar-refractivity contribution in [2.45, 2.75) is 47.2 Å². The Kier molecular flexibility index (Phi) is 3.50. The van der Waals surface area contributed by atoms with Gasteiger partial charge in [0.2, 0.25) is 0 Å². The van der Waals surface area contributed by atoms with Crippen LogP contribution in [-0.4, -0.2) is 9.13 Å². The third-order valence-corrected chi connectivity index (χ3v) is 2.75. The molecule has 0 N–H and O–H groups in total. The summed E-state index contributed by atoms with van der Waals surface area (Å²) in [6, 6.07) is 0. The van der Waals surface area contributed by atoms with Crippen LogP contribution in [0.5, 0.6) is 0 Å². The van der Waals surface area contributed by atoms with Crippen molar-refractivity contribution in [3.63, 3.8) is 0 Å². The van der Waals surface area contributed by atoms with Crippen LogP contribution < -0.4 is 11.2 Å². The van der Waals surface area contributed by atoms with Gasteiger partial charge in [0.25, 0.3) is 5.56 Å². The molecule has 0 saturated heterocycles. The van der Waals surface area contributed by atoms with Crippen molar-refractivity contribution in [2.75, 3.05) is 0 Å². The van der Waals surface area contributed by atoms with Crippen LogP contribution in [0.3, 0.4) is 0 Å². The summed E-state index contributed by atoms with van der Waals surface area (Å²) in [7, 11) is 0. The molecule has 1 aromatic rings. The molecule has 0 amide bonds. The minimum atomic E-state index is -0.188. The van der Waals surface area contributed by atoms with Crippen LogP contribution in [0.1, 0.15) is 32.0 Å². The summed E-state index contributed by atoms with van der Waals surface area (Å²) in [5, 5.41) is 0. The summed E-state index contributed by atoms with van der Waals surface area (Å²) >= 11 is 0. The first-order chi connectivity index (χ1) is 7.08. The van der Waals surface area contributed by atoms with Crippen molar-refractivity contribution in [3.05, 3.63) is 32.1 Å². The molecular weight excluding hydrogens is 192 g/mol. The van der Waals surface area contributed by atoms with Gasteiger partial charge in [0, 0.05) is 24.3 Å². The Morgan fingerprint density at radius 1 is 1.00 bits per heavy atom. The average Bonchev–Trinajstić information content (AvgIpc) is 2.23. The van der Waals surface area contributed by atoms with Crippen molar-refractivity contribution in [1.29, 1.82) is 0 Å². The Balaban J connectivity index is 3.74. The van der Waals surface area contributed by atoms with Gasteiger partial charge in [-0.15, -0.1) is 0 Å². The maximum absolute atomic E-state index is 11.9. The Labute approximate surface area is 89.2 Å². The molecule has 1 rings (SSSR count). The third-order valence-electron chi connectivity index (χ3n) is 2.75. The second kappa shape index (κ2) is 4.47. The van der Waals surface area contributed by atoms with E-state index in [1.54, 1.807) is 11.5 Å². The molecule has 4 nitrogen and oxygen atoms in total. The summed E-state index contributed by atoms with van der Waals surface area (Å²) < 4.78 is 2.97. The lowest BCUT2D eigenvalue weighted by Crippen LogP contribution is -2.42. The molecule has 0 spiro atoms. The molecule has 1 heterocycles. The van der Waals surface area contributed by atoms with Crippen LogP contribution >= 0.6 is 0 Å². The number of rotatable bonds is 3. The zero-order valence-corrected chi connectivity index (χ0v) is 9.83. The van der Waals surface area contributed by atoms with Crippen molar-refractivity contribution in [1.82, 2.24) is 9.13 Å². The molecule has 4 heteroatoms. The van der Waals surface area contributed by atoms with E-state index in [9.17, 15) is 9.59 Å². The molecule has 0 bridgehead atoms. The highest BCUT2D eigenvalue weighted by Gasteiger charge is 2.12. The van der Waals surface area contributed by atoms with Crippen LogP contribution in [0.15, 0.2) is 9.59 Å². The second-order valence-corrected chi connectivity index (χ2v) is 3.50. The largest absolute Gasteiger partial charge is 0.331 e. The van der Waals surface area contributed by atoms with E-state index in [4.69, 9.17) is 0 Å². The Morgan fingerprint density at radius 2 is 1.53 bits per heavy atom. The lowest BCUT2D eigenvalue weighted by Gasteiger charge is -2.14. The topological polar surface area (TPSA) is 44.0 Å². The molecule has 0 aromatic carbocycles. The first-order valence-corrected chi connectivity index (χ1v) is 5.41. The zero-order valence-electron chi connectivity index (χ0n) is 9.83. The molecular formula is C11H18N2O2. The zero-order chi connectivity index (χ0) is 11.6. The molecule has 0 fully saturated rings.